The molecule has 70 valence electrons. The molecule has 12 heavy (non-hydrogen) atoms. The van der Waals surface area contributed by atoms with E-state index in [4.69, 9.17) is 9.47 Å². The molecule has 1 unspecified atom stereocenters. The van der Waals surface area contributed by atoms with Crippen LogP contribution in [-0.2, 0) is 9.47 Å². The van der Waals surface area contributed by atoms with Crippen LogP contribution in [-0.4, -0.2) is 50.0 Å². The standard InChI is InChI=1S/C9H17NO2/c1-8-6-10(3-5-12-8)9-2-4-11-7-9/h8-9H,2-7H2,1H3/t8-,9?/m0/s1. The average Bonchev–Trinajstić information content (AvgIpc) is 2.56. The van der Waals surface area contributed by atoms with Crippen LogP contribution in [0.3, 0.4) is 0 Å². The molecule has 2 aliphatic heterocycles. The maximum Gasteiger partial charge on any atom is 0.0674 e. The second-order valence-corrected chi connectivity index (χ2v) is 3.69. The predicted octanol–water partition coefficient (Wildman–Crippen LogP) is 0.496. The van der Waals surface area contributed by atoms with Crippen molar-refractivity contribution in [2.75, 3.05) is 32.9 Å². The minimum Gasteiger partial charge on any atom is -0.380 e. The zero-order chi connectivity index (χ0) is 8.39. The number of ether oxygens (including phenoxy) is 2. The summed E-state index contributed by atoms with van der Waals surface area (Å²) in [4.78, 5) is 2.50. The van der Waals surface area contributed by atoms with Crippen LogP contribution in [0.5, 0.6) is 0 Å². The molecular formula is C9H17NO2. The van der Waals surface area contributed by atoms with Gasteiger partial charge in [0.1, 0.15) is 0 Å². The van der Waals surface area contributed by atoms with Gasteiger partial charge in [0.25, 0.3) is 0 Å². The van der Waals surface area contributed by atoms with E-state index in [0.717, 1.165) is 32.9 Å². The fourth-order valence-corrected chi connectivity index (χ4v) is 1.99. The summed E-state index contributed by atoms with van der Waals surface area (Å²) in [6.07, 6.45) is 1.60. The Morgan fingerprint density at radius 1 is 1.33 bits per heavy atom. The third-order valence-electron chi connectivity index (χ3n) is 2.69. The summed E-state index contributed by atoms with van der Waals surface area (Å²) in [5.74, 6) is 0. The van der Waals surface area contributed by atoms with Crippen LogP contribution < -0.4 is 0 Å². The van der Waals surface area contributed by atoms with Crippen molar-refractivity contribution in [1.29, 1.82) is 0 Å². The minimum atomic E-state index is 0.402. The molecular weight excluding hydrogens is 154 g/mol. The normalized spacial score (nSPS) is 38.8. The van der Waals surface area contributed by atoms with Gasteiger partial charge in [-0.1, -0.05) is 0 Å². The third kappa shape index (κ3) is 1.79. The Bertz CT molecular complexity index is 145. The SMILES string of the molecule is C[C@H]1CN(C2CCOC2)CCO1. The van der Waals surface area contributed by atoms with E-state index in [1.54, 1.807) is 0 Å². The van der Waals surface area contributed by atoms with Gasteiger partial charge in [0.2, 0.25) is 0 Å². The largest absolute Gasteiger partial charge is 0.380 e. The van der Waals surface area contributed by atoms with Crippen molar-refractivity contribution in [3.8, 4) is 0 Å². The average molecular weight is 171 g/mol. The Balaban J connectivity index is 1.85. The van der Waals surface area contributed by atoms with E-state index in [9.17, 15) is 0 Å². The molecule has 0 amide bonds. The first-order chi connectivity index (χ1) is 5.86. The van der Waals surface area contributed by atoms with Crippen molar-refractivity contribution >= 4 is 0 Å². The van der Waals surface area contributed by atoms with Gasteiger partial charge in [-0.25, -0.2) is 0 Å². The lowest BCUT2D eigenvalue weighted by molar-refractivity contribution is -0.0348. The second-order valence-electron chi connectivity index (χ2n) is 3.69. The van der Waals surface area contributed by atoms with Crippen LogP contribution >= 0.6 is 0 Å². The lowest BCUT2D eigenvalue weighted by Gasteiger charge is -2.34. The third-order valence-corrected chi connectivity index (χ3v) is 2.69. The molecule has 2 fully saturated rings. The molecule has 2 saturated heterocycles. The maximum atomic E-state index is 5.49. The van der Waals surface area contributed by atoms with Crippen LogP contribution in [0.25, 0.3) is 0 Å². The smallest absolute Gasteiger partial charge is 0.0674 e. The molecule has 2 heterocycles. The molecule has 0 aromatic heterocycles. The molecule has 2 atom stereocenters. The molecule has 3 nitrogen and oxygen atoms in total. The van der Waals surface area contributed by atoms with Gasteiger partial charge in [0, 0.05) is 25.7 Å². The van der Waals surface area contributed by atoms with Gasteiger partial charge < -0.3 is 9.47 Å². The fourth-order valence-electron chi connectivity index (χ4n) is 1.99. The number of nitrogens with zero attached hydrogens (tertiary/aromatic N) is 1. The van der Waals surface area contributed by atoms with Gasteiger partial charge in [0.15, 0.2) is 0 Å². The molecule has 0 saturated carbocycles. The Hall–Kier alpha value is -0.120. The van der Waals surface area contributed by atoms with Crippen LogP contribution in [0.4, 0.5) is 0 Å². The summed E-state index contributed by atoms with van der Waals surface area (Å²) in [5.41, 5.74) is 0. The van der Waals surface area contributed by atoms with Gasteiger partial charge in [-0.2, -0.15) is 0 Å². The molecule has 0 bridgehead atoms. The van der Waals surface area contributed by atoms with Gasteiger partial charge >= 0.3 is 0 Å². The first-order valence-electron chi connectivity index (χ1n) is 4.79. The molecule has 0 spiro atoms. The molecule has 0 aromatic carbocycles. The Kier molecular flexibility index (Phi) is 2.63. The van der Waals surface area contributed by atoms with Gasteiger partial charge in [-0.15, -0.1) is 0 Å². The molecule has 2 aliphatic rings. The van der Waals surface area contributed by atoms with E-state index in [-0.39, 0.29) is 0 Å². The monoisotopic (exact) mass is 171 g/mol. The molecule has 3 heteroatoms. The first-order valence-corrected chi connectivity index (χ1v) is 4.79. The van der Waals surface area contributed by atoms with Crippen molar-refractivity contribution in [2.45, 2.75) is 25.5 Å². The molecule has 0 N–H and O–H groups in total. The van der Waals surface area contributed by atoms with E-state index < -0.39 is 0 Å². The van der Waals surface area contributed by atoms with Crippen LogP contribution in [0.1, 0.15) is 13.3 Å². The van der Waals surface area contributed by atoms with Gasteiger partial charge in [-0.3, -0.25) is 4.90 Å². The molecule has 0 radical (unpaired) electrons. The maximum absolute atomic E-state index is 5.49. The van der Waals surface area contributed by atoms with E-state index >= 15 is 0 Å². The highest BCUT2D eigenvalue weighted by atomic mass is 16.5. The molecule has 0 aliphatic carbocycles. The molecule has 2 rings (SSSR count). The number of hydrogen-bond donors (Lipinski definition) is 0. The van der Waals surface area contributed by atoms with Crippen molar-refractivity contribution < 1.29 is 9.47 Å². The zero-order valence-corrected chi connectivity index (χ0v) is 7.66. The lowest BCUT2D eigenvalue weighted by atomic mass is 10.2. The van der Waals surface area contributed by atoms with E-state index in [1.165, 1.54) is 6.42 Å². The quantitative estimate of drug-likeness (QED) is 0.573. The van der Waals surface area contributed by atoms with Crippen LogP contribution in [0, 0.1) is 0 Å². The first kappa shape index (κ1) is 8.48. The highest BCUT2D eigenvalue weighted by molar-refractivity contribution is 4.79. The van der Waals surface area contributed by atoms with E-state index in [1.807, 2.05) is 0 Å². The highest BCUT2D eigenvalue weighted by Crippen LogP contribution is 2.15. The van der Waals surface area contributed by atoms with Crippen molar-refractivity contribution in [3.05, 3.63) is 0 Å². The van der Waals surface area contributed by atoms with Crippen LogP contribution in [0.2, 0.25) is 0 Å². The van der Waals surface area contributed by atoms with Crippen molar-refractivity contribution in [1.82, 2.24) is 4.90 Å². The van der Waals surface area contributed by atoms with Crippen LogP contribution in [0.15, 0.2) is 0 Å². The van der Waals surface area contributed by atoms with Gasteiger partial charge in [0.05, 0.1) is 19.3 Å². The van der Waals surface area contributed by atoms with E-state index in [2.05, 4.69) is 11.8 Å². The molecule has 0 aromatic rings. The van der Waals surface area contributed by atoms with E-state index in [0.29, 0.717) is 12.1 Å². The second kappa shape index (κ2) is 3.73. The summed E-state index contributed by atoms with van der Waals surface area (Å²) in [7, 11) is 0. The summed E-state index contributed by atoms with van der Waals surface area (Å²) in [6.45, 7) is 7.05. The zero-order valence-electron chi connectivity index (χ0n) is 7.66. The van der Waals surface area contributed by atoms with Crippen molar-refractivity contribution in [3.63, 3.8) is 0 Å². The Morgan fingerprint density at radius 3 is 2.92 bits per heavy atom. The predicted molar refractivity (Wildman–Crippen MR) is 46.2 cm³/mol. The number of rotatable bonds is 1. The Morgan fingerprint density at radius 2 is 2.25 bits per heavy atom. The summed E-state index contributed by atoms with van der Waals surface area (Å²) >= 11 is 0. The van der Waals surface area contributed by atoms with Gasteiger partial charge in [-0.05, 0) is 13.3 Å². The topological polar surface area (TPSA) is 21.7 Å². The number of hydrogen-bond acceptors (Lipinski definition) is 3. The van der Waals surface area contributed by atoms with Crippen molar-refractivity contribution in [2.24, 2.45) is 0 Å². The summed E-state index contributed by atoms with van der Waals surface area (Å²) in [5, 5.41) is 0. The highest BCUT2D eigenvalue weighted by Gasteiger charge is 2.26. The Labute approximate surface area is 73.6 Å². The minimum absolute atomic E-state index is 0.402. The lowest BCUT2D eigenvalue weighted by Crippen LogP contribution is -2.47. The number of morpholine rings is 1. The summed E-state index contributed by atoms with van der Waals surface area (Å²) < 4.78 is 10.8. The fraction of sp³-hybridized carbons (Fsp3) is 1.00. The summed E-state index contributed by atoms with van der Waals surface area (Å²) in [6, 6.07) is 0.663.